The summed E-state index contributed by atoms with van der Waals surface area (Å²) >= 11 is 1.65. The van der Waals surface area contributed by atoms with Crippen molar-refractivity contribution in [3.8, 4) is 0 Å². The van der Waals surface area contributed by atoms with Gasteiger partial charge in [-0.05, 0) is 55.2 Å². The number of nitrogens with zero attached hydrogens (tertiary/aromatic N) is 2. The van der Waals surface area contributed by atoms with E-state index in [0.29, 0.717) is 34.9 Å². The Morgan fingerprint density at radius 3 is 2.67 bits per heavy atom. The molecule has 10 heteroatoms. The Morgan fingerprint density at radius 2 is 1.92 bits per heavy atom. The molecular formula is C26H29F3N4OS2. The number of aliphatic imine (C=N–C) groups is 1. The van der Waals surface area contributed by atoms with E-state index in [9.17, 15) is 17.4 Å². The molecule has 2 fully saturated rings. The zero-order chi connectivity index (χ0) is 25.5. The highest BCUT2D eigenvalue weighted by molar-refractivity contribution is 7.99. The van der Waals surface area contributed by atoms with Gasteiger partial charge in [0.25, 0.3) is 0 Å². The van der Waals surface area contributed by atoms with Crippen molar-refractivity contribution in [1.29, 1.82) is 0 Å². The van der Waals surface area contributed by atoms with Gasteiger partial charge >= 0.3 is 0 Å². The molecule has 2 unspecified atom stereocenters. The summed E-state index contributed by atoms with van der Waals surface area (Å²) in [6, 6.07) is 9.58. The number of hydrazine groups is 1. The van der Waals surface area contributed by atoms with Gasteiger partial charge in [0.05, 0.1) is 11.4 Å². The highest BCUT2D eigenvalue weighted by Crippen LogP contribution is 2.32. The molecule has 2 heterocycles. The molecule has 2 aromatic carbocycles. The molecule has 192 valence electrons. The molecule has 0 amide bonds. The van der Waals surface area contributed by atoms with E-state index < -0.39 is 22.6 Å². The van der Waals surface area contributed by atoms with Crippen molar-refractivity contribution in [3.05, 3.63) is 88.2 Å². The fraction of sp³-hybridized carbons (Fsp3) is 0.346. The van der Waals surface area contributed by atoms with Crippen LogP contribution in [-0.4, -0.2) is 39.5 Å². The molecule has 0 spiro atoms. The van der Waals surface area contributed by atoms with Crippen LogP contribution in [0.15, 0.2) is 70.2 Å². The van der Waals surface area contributed by atoms with Gasteiger partial charge in [-0.3, -0.25) is 0 Å². The molecule has 5 nitrogen and oxygen atoms in total. The zero-order valence-corrected chi connectivity index (χ0v) is 21.4. The van der Waals surface area contributed by atoms with Gasteiger partial charge in [-0.2, -0.15) is 16.6 Å². The first-order valence-corrected chi connectivity index (χ1v) is 14.2. The van der Waals surface area contributed by atoms with E-state index in [-0.39, 0.29) is 17.4 Å². The van der Waals surface area contributed by atoms with Gasteiger partial charge in [-0.25, -0.2) is 27.4 Å². The fourth-order valence-corrected chi connectivity index (χ4v) is 6.24. The molecule has 3 N–H and O–H groups in total. The number of piperidine rings is 1. The third kappa shape index (κ3) is 7.32. The van der Waals surface area contributed by atoms with Gasteiger partial charge in [0, 0.05) is 53.3 Å². The SMILES string of the molecule is NC(/C=C/S(=O)NN1CCCCC1)=C1CSCC(Cc2cccc(F)c2)C1=Nc1ccc(F)cc1F. The molecule has 0 aliphatic carbocycles. The van der Waals surface area contributed by atoms with Crippen LogP contribution >= 0.6 is 11.8 Å². The second-order valence-corrected chi connectivity index (χ2v) is 10.9. The molecule has 0 radical (unpaired) electrons. The summed E-state index contributed by atoms with van der Waals surface area (Å²) in [6.45, 7) is 1.68. The lowest BCUT2D eigenvalue weighted by Gasteiger charge is -2.28. The number of benzene rings is 2. The number of thioether (sulfide) groups is 1. The molecule has 2 aliphatic rings. The summed E-state index contributed by atoms with van der Waals surface area (Å²) < 4.78 is 54.3. The number of nitrogens with two attached hydrogens (primary N) is 1. The van der Waals surface area contributed by atoms with Crippen LogP contribution < -0.4 is 10.6 Å². The summed E-state index contributed by atoms with van der Waals surface area (Å²) in [6.07, 6.45) is 5.36. The Hall–Kier alpha value is -2.40. The van der Waals surface area contributed by atoms with E-state index in [2.05, 4.69) is 9.82 Å². The molecule has 0 saturated carbocycles. The Kier molecular flexibility index (Phi) is 9.41. The van der Waals surface area contributed by atoms with Gasteiger partial charge in [0.1, 0.15) is 22.6 Å². The zero-order valence-electron chi connectivity index (χ0n) is 19.8. The van der Waals surface area contributed by atoms with Gasteiger partial charge < -0.3 is 5.73 Å². The largest absolute Gasteiger partial charge is 0.398 e. The van der Waals surface area contributed by atoms with Crippen molar-refractivity contribution >= 4 is 34.1 Å². The summed E-state index contributed by atoms with van der Waals surface area (Å²) in [5.41, 5.74) is 8.86. The standard InChI is InChI=1S/C26H29F3N4OS2/c27-20-6-4-5-18(14-20)13-19-16-35-17-22(26(19)31-25-8-7-21(28)15-23(25)29)24(30)9-12-36(34)32-33-10-2-1-3-11-33/h4-9,12,14-15,19,32H,1-3,10-11,13,16-17,30H2/b12-9+,24-22?,31-26?. The minimum absolute atomic E-state index is 0.00663. The molecule has 4 rings (SSSR count). The molecular weight excluding hydrogens is 505 g/mol. The van der Waals surface area contributed by atoms with Crippen LogP contribution in [0.3, 0.4) is 0 Å². The quantitative estimate of drug-likeness (QED) is 0.515. The van der Waals surface area contributed by atoms with E-state index in [1.807, 2.05) is 11.1 Å². The van der Waals surface area contributed by atoms with Gasteiger partial charge in [-0.1, -0.05) is 18.6 Å². The third-order valence-corrected chi connectivity index (χ3v) is 8.03. The molecule has 2 saturated heterocycles. The average Bonchev–Trinajstić information content (AvgIpc) is 2.86. The molecule has 2 atom stereocenters. The predicted molar refractivity (Wildman–Crippen MR) is 141 cm³/mol. The first-order valence-electron chi connectivity index (χ1n) is 11.8. The number of hydrogen-bond donors (Lipinski definition) is 2. The number of halogens is 3. The van der Waals surface area contributed by atoms with Gasteiger partial charge in [0.15, 0.2) is 5.82 Å². The van der Waals surface area contributed by atoms with Gasteiger partial charge in [0.2, 0.25) is 0 Å². The summed E-state index contributed by atoms with van der Waals surface area (Å²) in [5.74, 6) is -0.751. The highest BCUT2D eigenvalue weighted by atomic mass is 32.2. The van der Waals surface area contributed by atoms with E-state index in [1.54, 1.807) is 23.9 Å². The summed E-state index contributed by atoms with van der Waals surface area (Å²) in [4.78, 5) is 7.55. The van der Waals surface area contributed by atoms with Crippen LogP contribution in [0.5, 0.6) is 0 Å². The second-order valence-electron chi connectivity index (χ2n) is 8.81. The van der Waals surface area contributed by atoms with Crippen molar-refractivity contribution in [2.45, 2.75) is 25.7 Å². The maximum absolute atomic E-state index is 14.5. The normalized spacial score (nSPS) is 22.8. The first-order chi connectivity index (χ1) is 17.4. The summed E-state index contributed by atoms with van der Waals surface area (Å²) in [5, 5.41) is 3.44. The molecule has 36 heavy (non-hydrogen) atoms. The van der Waals surface area contributed by atoms with Crippen molar-refractivity contribution in [3.63, 3.8) is 0 Å². The second kappa shape index (κ2) is 12.7. The number of nitrogens with one attached hydrogen (secondary N) is 1. The molecule has 2 aliphatic heterocycles. The minimum atomic E-state index is -1.45. The van der Waals surface area contributed by atoms with Crippen molar-refractivity contribution in [1.82, 2.24) is 9.84 Å². The lowest BCUT2D eigenvalue weighted by Crippen LogP contribution is -2.41. The predicted octanol–water partition coefficient (Wildman–Crippen LogP) is 5.16. The van der Waals surface area contributed by atoms with Crippen LogP contribution in [0, 0.1) is 23.4 Å². The fourth-order valence-electron chi connectivity index (χ4n) is 4.28. The van der Waals surface area contributed by atoms with Crippen molar-refractivity contribution in [2.24, 2.45) is 16.6 Å². The first kappa shape index (κ1) is 26.7. The number of hydrogen-bond acceptors (Lipinski definition) is 5. The summed E-state index contributed by atoms with van der Waals surface area (Å²) in [7, 11) is -1.45. The van der Waals surface area contributed by atoms with Crippen molar-refractivity contribution < 1.29 is 17.4 Å². The van der Waals surface area contributed by atoms with E-state index in [0.717, 1.165) is 43.6 Å². The maximum Gasteiger partial charge on any atom is 0.151 e. The van der Waals surface area contributed by atoms with Crippen LogP contribution in [0.25, 0.3) is 0 Å². The highest BCUT2D eigenvalue weighted by Gasteiger charge is 2.27. The van der Waals surface area contributed by atoms with E-state index in [4.69, 9.17) is 5.73 Å². The van der Waals surface area contributed by atoms with Crippen molar-refractivity contribution in [2.75, 3.05) is 24.6 Å². The maximum atomic E-state index is 14.5. The average molecular weight is 535 g/mol. The van der Waals surface area contributed by atoms with Crippen LogP contribution in [-0.2, 0) is 17.4 Å². The lowest BCUT2D eigenvalue weighted by molar-refractivity contribution is 0.204. The monoisotopic (exact) mass is 534 g/mol. The van der Waals surface area contributed by atoms with Crippen LogP contribution in [0.4, 0.5) is 18.9 Å². The smallest absolute Gasteiger partial charge is 0.151 e. The number of allylic oxidation sites excluding steroid dienone is 1. The molecule has 0 bridgehead atoms. The Balaban J connectivity index is 1.63. The lowest BCUT2D eigenvalue weighted by atomic mass is 9.90. The van der Waals surface area contributed by atoms with Crippen LogP contribution in [0.2, 0.25) is 0 Å². The van der Waals surface area contributed by atoms with Gasteiger partial charge in [-0.15, -0.1) is 0 Å². The Labute approximate surface area is 216 Å². The molecule has 0 aromatic heterocycles. The Bertz CT molecular complexity index is 1200. The minimum Gasteiger partial charge on any atom is -0.398 e. The topological polar surface area (TPSA) is 70.7 Å². The van der Waals surface area contributed by atoms with Crippen LogP contribution in [0.1, 0.15) is 24.8 Å². The third-order valence-electron chi connectivity index (χ3n) is 6.08. The van der Waals surface area contributed by atoms with E-state index in [1.165, 1.54) is 30.0 Å². The van der Waals surface area contributed by atoms with E-state index >= 15 is 0 Å². The molecule has 2 aromatic rings. The number of rotatable bonds is 7. The Morgan fingerprint density at radius 1 is 1.14 bits per heavy atom.